The molecule has 172 valence electrons. The first-order valence-corrected chi connectivity index (χ1v) is 11.1. The van der Waals surface area contributed by atoms with E-state index >= 15 is 0 Å². The summed E-state index contributed by atoms with van der Waals surface area (Å²) in [7, 11) is 0. The van der Waals surface area contributed by atoms with E-state index in [9.17, 15) is 18.8 Å². The van der Waals surface area contributed by atoms with Crippen LogP contribution in [0.1, 0.15) is 23.0 Å². The first-order valence-electron chi connectivity index (χ1n) is 10.7. The number of aromatic nitrogens is 2. The predicted molar refractivity (Wildman–Crippen MR) is 126 cm³/mol. The monoisotopic (exact) mass is 470 g/mol. The molecule has 2 aromatic carbocycles. The summed E-state index contributed by atoms with van der Waals surface area (Å²) < 4.78 is 16.2. The van der Waals surface area contributed by atoms with Gasteiger partial charge in [0.25, 0.3) is 11.5 Å². The number of piperazine rings is 1. The summed E-state index contributed by atoms with van der Waals surface area (Å²) in [5.74, 6) is -0.817. The molecule has 4 rings (SSSR count). The fraction of sp³-hybridized carbons (Fsp3) is 0.292. The van der Waals surface area contributed by atoms with E-state index in [1.165, 1.54) is 22.8 Å². The summed E-state index contributed by atoms with van der Waals surface area (Å²) in [5.41, 5.74) is 1.31. The van der Waals surface area contributed by atoms with Crippen LogP contribution in [0.25, 0.3) is 5.69 Å². The molecule has 0 aliphatic carbocycles. The number of para-hydroxylation sites is 1. The zero-order chi connectivity index (χ0) is 23.7. The fourth-order valence-electron chi connectivity index (χ4n) is 4.21. The van der Waals surface area contributed by atoms with E-state index in [1.807, 2.05) is 35.2 Å². The lowest BCUT2D eigenvalue weighted by molar-refractivity contribution is 0.0746. The van der Waals surface area contributed by atoms with Gasteiger partial charge in [0.05, 0.1) is 16.4 Å². The second-order valence-electron chi connectivity index (χ2n) is 7.85. The van der Waals surface area contributed by atoms with Gasteiger partial charge in [-0.3, -0.25) is 18.7 Å². The van der Waals surface area contributed by atoms with Crippen molar-refractivity contribution in [1.29, 1.82) is 0 Å². The van der Waals surface area contributed by atoms with E-state index in [2.05, 4.69) is 0 Å². The lowest BCUT2D eigenvalue weighted by atomic mass is 10.1. The van der Waals surface area contributed by atoms with Crippen LogP contribution in [0.3, 0.4) is 0 Å². The molecule has 0 unspecified atom stereocenters. The van der Waals surface area contributed by atoms with Crippen molar-refractivity contribution < 1.29 is 9.18 Å². The van der Waals surface area contributed by atoms with Crippen LogP contribution in [0.5, 0.6) is 0 Å². The summed E-state index contributed by atoms with van der Waals surface area (Å²) in [6.07, 6.45) is 0. The van der Waals surface area contributed by atoms with Gasteiger partial charge in [0.1, 0.15) is 11.5 Å². The highest BCUT2D eigenvalue weighted by molar-refractivity contribution is 6.31. The highest BCUT2D eigenvalue weighted by atomic mass is 35.5. The lowest BCUT2D eigenvalue weighted by Gasteiger charge is -2.36. The first kappa shape index (κ1) is 22.8. The molecule has 33 heavy (non-hydrogen) atoms. The van der Waals surface area contributed by atoms with E-state index in [0.29, 0.717) is 48.8 Å². The maximum absolute atomic E-state index is 13.4. The van der Waals surface area contributed by atoms with E-state index < -0.39 is 5.82 Å². The van der Waals surface area contributed by atoms with Crippen molar-refractivity contribution in [2.45, 2.75) is 20.4 Å². The van der Waals surface area contributed by atoms with Crippen LogP contribution >= 0.6 is 11.6 Å². The van der Waals surface area contributed by atoms with Crippen LogP contribution in [0.4, 0.5) is 10.1 Å². The maximum Gasteiger partial charge on any atom is 0.335 e. The molecule has 1 aliphatic rings. The molecule has 0 N–H and O–H groups in total. The fourth-order valence-corrected chi connectivity index (χ4v) is 4.39. The molecule has 0 radical (unpaired) electrons. The number of halogens is 2. The maximum atomic E-state index is 13.4. The minimum atomic E-state index is -0.575. The van der Waals surface area contributed by atoms with E-state index in [1.54, 1.807) is 23.3 Å². The van der Waals surface area contributed by atoms with Gasteiger partial charge < -0.3 is 9.80 Å². The number of rotatable bonds is 4. The third kappa shape index (κ3) is 4.18. The number of carbonyl (C=O) groups is 1. The summed E-state index contributed by atoms with van der Waals surface area (Å²) in [4.78, 5) is 42.7. The van der Waals surface area contributed by atoms with Crippen molar-refractivity contribution >= 4 is 23.2 Å². The Balaban J connectivity index is 1.64. The molecule has 1 saturated heterocycles. The van der Waals surface area contributed by atoms with E-state index in [0.717, 1.165) is 0 Å². The average Bonchev–Trinajstić information content (AvgIpc) is 2.82. The average molecular weight is 471 g/mol. The lowest BCUT2D eigenvalue weighted by Crippen LogP contribution is -2.52. The Hall–Kier alpha value is -3.39. The predicted octanol–water partition coefficient (Wildman–Crippen LogP) is 3.08. The quantitative estimate of drug-likeness (QED) is 0.587. The van der Waals surface area contributed by atoms with Crippen LogP contribution in [0.15, 0.2) is 58.1 Å². The molecule has 1 aliphatic heterocycles. The third-order valence-electron chi connectivity index (χ3n) is 5.93. The first-order chi connectivity index (χ1) is 15.8. The van der Waals surface area contributed by atoms with Gasteiger partial charge in [0.15, 0.2) is 0 Å². The van der Waals surface area contributed by atoms with Crippen molar-refractivity contribution in [2.24, 2.45) is 0 Å². The van der Waals surface area contributed by atoms with Gasteiger partial charge >= 0.3 is 5.69 Å². The van der Waals surface area contributed by atoms with E-state index in [4.69, 9.17) is 11.6 Å². The van der Waals surface area contributed by atoms with Crippen LogP contribution in [-0.4, -0.2) is 46.1 Å². The second kappa shape index (κ2) is 9.23. The highest BCUT2D eigenvalue weighted by Crippen LogP contribution is 2.21. The van der Waals surface area contributed by atoms with Gasteiger partial charge in [-0.05, 0) is 44.2 Å². The molecule has 0 saturated carbocycles. The van der Waals surface area contributed by atoms with Gasteiger partial charge in [0, 0.05) is 38.3 Å². The Morgan fingerprint density at radius 3 is 2.30 bits per heavy atom. The molecule has 9 heteroatoms. The Labute approximate surface area is 195 Å². The number of hydrogen-bond donors (Lipinski definition) is 0. The van der Waals surface area contributed by atoms with Crippen LogP contribution < -0.4 is 16.1 Å². The highest BCUT2D eigenvalue weighted by Gasteiger charge is 2.27. The van der Waals surface area contributed by atoms with Crippen molar-refractivity contribution in [3.8, 4) is 5.69 Å². The van der Waals surface area contributed by atoms with Crippen molar-refractivity contribution in [3.63, 3.8) is 0 Å². The van der Waals surface area contributed by atoms with Crippen molar-refractivity contribution in [1.82, 2.24) is 14.0 Å². The number of anilines is 1. The molecule has 0 bridgehead atoms. The molecule has 7 nitrogen and oxygen atoms in total. The molecule has 3 aromatic rings. The number of amides is 1. The Kier molecular flexibility index (Phi) is 6.37. The molecule has 0 spiro atoms. The molecule has 1 amide bonds. The standard InChI is InChI=1S/C24H24ClFN4O3/c1-3-29-23(32)21(16(2)30(24(29)33)18-7-5-4-6-8-18)27-11-13-28(14-12-27)22(31)17-9-10-20(26)19(25)15-17/h4-10,15H,3,11-14H2,1-2H3. The Morgan fingerprint density at radius 2 is 1.70 bits per heavy atom. The SMILES string of the molecule is CCn1c(=O)c(N2CCN(C(=O)c3ccc(F)c(Cl)c3)CC2)c(C)n(-c2ccccc2)c1=O. The van der Waals surface area contributed by atoms with Gasteiger partial charge in [-0.15, -0.1) is 0 Å². The largest absolute Gasteiger partial charge is 0.362 e. The smallest absolute Gasteiger partial charge is 0.335 e. The van der Waals surface area contributed by atoms with E-state index in [-0.39, 0.29) is 28.7 Å². The Morgan fingerprint density at radius 1 is 1.03 bits per heavy atom. The molecular formula is C24H24ClFN4O3. The minimum Gasteiger partial charge on any atom is -0.362 e. The normalized spacial score (nSPS) is 13.9. The Bertz CT molecular complexity index is 1310. The summed E-state index contributed by atoms with van der Waals surface area (Å²) in [6, 6.07) is 13.1. The van der Waals surface area contributed by atoms with Gasteiger partial charge in [-0.25, -0.2) is 9.18 Å². The van der Waals surface area contributed by atoms with Crippen LogP contribution in [0.2, 0.25) is 5.02 Å². The number of carbonyl (C=O) groups excluding carboxylic acids is 1. The third-order valence-corrected chi connectivity index (χ3v) is 6.22. The number of hydrogen-bond acceptors (Lipinski definition) is 4. The molecule has 1 fully saturated rings. The van der Waals surface area contributed by atoms with Crippen LogP contribution in [0, 0.1) is 12.7 Å². The number of benzene rings is 2. The van der Waals surface area contributed by atoms with Crippen molar-refractivity contribution in [3.05, 3.63) is 91.5 Å². The summed E-state index contributed by atoms with van der Waals surface area (Å²) >= 11 is 5.82. The second-order valence-corrected chi connectivity index (χ2v) is 8.25. The van der Waals surface area contributed by atoms with Crippen molar-refractivity contribution in [2.75, 3.05) is 31.1 Å². The van der Waals surface area contributed by atoms with Crippen LogP contribution in [-0.2, 0) is 6.54 Å². The zero-order valence-corrected chi connectivity index (χ0v) is 19.2. The van der Waals surface area contributed by atoms with Gasteiger partial charge in [-0.1, -0.05) is 29.8 Å². The molecule has 1 aromatic heterocycles. The summed E-state index contributed by atoms with van der Waals surface area (Å²) in [5, 5.41) is -0.0987. The molecular weight excluding hydrogens is 447 g/mol. The summed E-state index contributed by atoms with van der Waals surface area (Å²) in [6.45, 7) is 5.39. The van der Waals surface area contributed by atoms with Gasteiger partial charge in [0.2, 0.25) is 0 Å². The number of nitrogens with zero attached hydrogens (tertiary/aromatic N) is 4. The zero-order valence-electron chi connectivity index (χ0n) is 18.4. The topological polar surface area (TPSA) is 67.6 Å². The molecule has 0 atom stereocenters. The molecule has 2 heterocycles. The minimum absolute atomic E-state index is 0.0987. The van der Waals surface area contributed by atoms with Gasteiger partial charge in [-0.2, -0.15) is 0 Å².